The second kappa shape index (κ2) is 5.43. The molecule has 2 N–H and O–H groups in total. The van der Waals surface area contributed by atoms with Gasteiger partial charge in [-0.1, -0.05) is 15.9 Å². The highest BCUT2D eigenvalue weighted by molar-refractivity contribution is 9.10. The molecular formula is C15H22BrN3. The van der Waals surface area contributed by atoms with Crippen LogP contribution in [-0.2, 0) is 6.54 Å². The van der Waals surface area contributed by atoms with E-state index in [9.17, 15) is 0 Å². The molecule has 3 rings (SSSR count). The molecule has 2 unspecified atom stereocenters. The zero-order valence-electron chi connectivity index (χ0n) is 11.5. The van der Waals surface area contributed by atoms with Gasteiger partial charge in [0.1, 0.15) is 0 Å². The summed E-state index contributed by atoms with van der Waals surface area (Å²) >= 11 is 3.64. The molecule has 0 radical (unpaired) electrons. The third kappa shape index (κ3) is 2.81. The summed E-state index contributed by atoms with van der Waals surface area (Å²) in [5.74, 6) is 0. The number of fused-ring (bicyclic) bond motifs is 1. The minimum atomic E-state index is 0.627. The van der Waals surface area contributed by atoms with E-state index < -0.39 is 0 Å². The average molecular weight is 324 g/mol. The van der Waals surface area contributed by atoms with Crippen molar-refractivity contribution in [2.75, 3.05) is 25.4 Å². The van der Waals surface area contributed by atoms with Crippen molar-refractivity contribution in [3.63, 3.8) is 0 Å². The summed E-state index contributed by atoms with van der Waals surface area (Å²) in [6.45, 7) is 7.05. The van der Waals surface area contributed by atoms with Gasteiger partial charge in [-0.15, -0.1) is 0 Å². The molecule has 1 aromatic rings. The molecule has 4 heteroatoms. The van der Waals surface area contributed by atoms with Crippen LogP contribution in [0.3, 0.4) is 0 Å². The summed E-state index contributed by atoms with van der Waals surface area (Å²) in [5, 5.41) is 0. The second-order valence-corrected chi connectivity index (χ2v) is 6.77. The van der Waals surface area contributed by atoms with Gasteiger partial charge in [-0.3, -0.25) is 9.80 Å². The molecule has 3 nitrogen and oxygen atoms in total. The first-order valence-electron chi connectivity index (χ1n) is 7.15. The normalized spacial score (nSPS) is 28.5. The highest BCUT2D eigenvalue weighted by atomic mass is 79.9. The Kier molecular flexibility index (Phi) is 3.83. The fourth-order valence-corrected chi connectivity index (χ4v) is 3.77. The molecule has 104 valence electrons. The van der Waals surface area contributed by atoms with E-state index in [0.29, 0.717) is 6.04 Å². The van der Waals surface area contributed by atoms with Crippen molar-refractivity contribution in [3.05, 3.63) is 28.2 Å². The van der Waals surface area contributed by atoms with Crippen LogP contribution in [0.5, 0.6) is 0 Å². The highest BCUT2D eigenvalue weighted by Gasteiger charge is 2.34. The van der Waals surface area contributed by atoms with E-state index in [0.717, 1.165) is 18.3 Å². The molecule has 2 saturated heterocycles. The minimum absolute atomic E-state index is 0.627. The number of nitrogens with two attached hydrogens (primary N) is 1. The first-order chi connectivity index (χ1) is 9.13. The van der Waals surface area contributed by atoms with Gasteiger partial charge in [0.25, 0.3) is 0 Å². The lowest BCUT2D eigenvalue weighted by atomic mass is 10.1. The lowest BCUT2D eigenvalue weighted by Gasteiger charge is -2.42. The zero-order valence-corrected chi connectivity index (χ0v) is 13.1. The topological polar surface area (TPSA) is 32.5 Å². The van der Waals surface area contributed by atoms with Crippen LogP contribution in [0.4, 0.5) is 5.69 Å². The molecule has 2 aliphatic rings. The summed E-state index contributed by atoms with van der Waals surface area (Å²) in [5.41, 5.74) is 8.06. The van der Waals surface area contributed by atoms with Crippen molar-refractivity contribution in [1.29, 1.82) is 0 Å². The van der Waals surface area contributed by atoms with Crippen LogP contribution in [0.1, 0.15) is 25.3 Å². The molecule has 0 bridgehead atoms. The smallest absolute Gasteiger partial charge is 0.0318 e. The number of nitrogens with zero attached hydrogens (tertiary/aromatic N) is 2. The number of halogens is 1. The highest BCUT2D eigenvalue weighted by Crippen LogP contribution is 2.28. The summed E-state index contributed by atoms with van der Waals surface area (Å²) in [4.78, 5) is 5.27. The van der Waals surface area contributed by atoms with Gasteiger partial charge in [0.2, 0.25) is 0 Å². The maximum Gasteiger partial charge on any atom is 0.0318 e. The van der Waals surface area contributed by atoms with E-state index in [-0.39, 0.29) is 0 Å². The molecule has 2 atom stereocenters. The Labute approximate surface area is 123 Å². The lowest BCUT2D eigenvalue weighted by molar-refractivity contribution is 0.0539. The van der Waals surface area contributed by atoms with Crippen molar-refractivity contribution in [2.24, 2.45) is 0 Å². The van der Waals surface area contributed by atoms with Crippen molar-refractivity contribution in [1.82, 2.24) is 9.80 Å². The van der Waals surface area contributed by atoms with Crippen molar-refractivity contribution >= 4 is 21.6 Å². The van der Waals surface area contributed by atoms with E-state index in [4.69, 9.17) is 5.73 Å². The number of nitrogen functional groups attached to an aromatic ring is 1. The maximum absolute atomic E-state index is 5.91. The average Bonchev–Trinajstić information content (AvgIpc) is 2.81. The van der Waals surface area contributed by atoms with Crippen LogP contribution >= 0.6 is 15.9 Å². The van der Waals surface area contributed by atoms with Crippen molar-refractivity contribution in [2.45, 2.75) is 38.4 Å². The molecule has 0 amide bonds. The molecule has 19 heavy (non-hydrogen) atoms. The van der Waals surface area contributed by atoms with Crippen molar-refractivity contribution in [3.8, 4) is 0 Å². The van der Waals surface area contributed by atoms with Crippen molar-refractivity contribution < 1.29 is 0 Å². The van der Waals surface area contributed by atoms with Gasteiger partial charge in [0.05, 0.1) is 0 Å². The second-order valence-electron chi connectivity index (χ2n) is 5.92. The SMILES string of the molecule is CC1CN2CCCC2CN1Cc1cc(N)ccc1Br. The number of hydrogen-bond acceptors (Lipinski definition) is 3. The molecule has 0 spiro atoms. The Morgan fingerprint density at radius 1 is 1.37 bits per heavy atom. The van der Waals surface area contributed by atoms with Crippen LogP contribution in [0.15, 0.2) is 22.7 Å². The number of rotatable bonds is 2. The standard InChI is InChI=1S/C15H22BrN3/c1-11-8-18-6-2-3-14(18)10-19(11)9-12-7-13(17)4-5-15(12)16/h4-5,7,11,14H,2-3,6,8-10,17H2,1H3. The Morgan fingerprint density at radius 2 is 2.21 bits per heavy atom. The summed E-state index contributed by atoms with van der Waals surface area (Å²) in [6.07, 6.45) is 2.73. The maximum atomic E-state index is 5.91. The molecule has 2 fully saturated rings. The van der Waals surface area contributed by atoms with E-state index in [1.165, 1.54) is 42.5 Å². The van der Waals surface area contributed by atoms with Crippen LogP contribution in [0.2, 0.25) is 0 Å². The summed E-state index contributed by atoms with van der Waals surface area (Å²) in [6, 6.07) is 7.50. The number of benzene rings is 1. The third-order valence-electron chi connectivity index (χ3n) is 4.51. The Hall–Kier alpha value is -0.580. The number of anilines is 1. The zero-order chi connectivity index (χ0) is 13.4. The fraction of sp³-hybridized carbons (Fsp3) is 0.600. The monoisotopic (exact) mass is 323 g/mol. The molecule has 2 heterocycles. The Bertz CT molecular complexity index is 463. The Morgan fingerprint density at radius 3 is 3.05 bits per heavy atom. The van der Waals surface area contributed by atoms with Gasteiger partial charge in [-0.05, 0) is 50.1 Å². The Balaban J connectivity index is 1.73. The quantitative estimate of drug-likeness (QED) is 0.849. The molecular weight excluding hydrogens is 302 g/mol. The van der Waals surface area contributed by atoms with E-state index >= 15 is 0 Å². The van der Waals surface area contributed by atoms with Gasteiger partial charge in [-0.25, -0.2) is 0 Å². The van der Waals surface area contributed by atoms with Gasteiger partial charge < -0.3 is 5.73 Å². The number of hydrogen-bond donors (Lipinski definition) is 1. The van der Waals surface area contributed by atoms with E-state index in [2.05, 4.69) is 44.8 Å². The van der Waals surface area contributed by atoms with Crippen LogP contribution in [0.25, 0.3) is 0 Å². The third-order valence-corrected chi connectivity index (χ3v) is 5.28. The van der Waals surface area contributed by atoms with Crippen LogP contribution < -0.4 is 5.73 Å². The lowest BCUT2D eigenvalue weighted by Crippen LogP contribution is -2.54. The van der Waals surface area contributed by atoms with Crippen LogP contribution in [0, 0.1) is 0 Å². The first-order valence-corrected chi connectivity index (χ1v) is 7.95. The van der Waals surface area contributed by atoms with E-state index in [1.54, 1.807) is 0 Å². The van der Waals surface area contributed by atoms with Crippen LogP contribution in [-0.4, -0.2) is 41.5 Å². The molecule has 0 saturated carbocycles. The van der Waals surface area contributed by atoms with Gasteiger partial charge in [-0.2, -0.15) is 0 Å². The fourth-order valence-electron chi connectivity index (χ4n) is 3.40. The molecule has 0 aromatic heterocycles. The predicted octanol–water partition coefficient (Wildman–Crippen LogP) is 2.70. The number of piperazine rings is 1. The minimum Gasteiger partial charge on any atom is -0.399 e. The van der Waals surface area contributed by atoms with Gasteiger partial charge >= 0.3 is 0 Å². The summed E-state index contributed by atoms with van der Waals surface area (Å²) in [7, 11) is 0. The predicted molar refractivity (Wildman–Crippen MR) is 83.0 cm³/mol. The summed E-state index contributed by atoms with van der Waals surface area (Å²) < 4.78 is 1.17. The molecule has 1 aromatic carbocycles. The molecule has 2 aliphatic heterocycles. The first kappa shape index (κ1) is 13.4. The van der Waals surface area contributed by atoms with Gasteiger partial charge in [0.15, 0.2) is 0 Å². The van der Waals surface area contributed by atoms with Gasteiger partial charge in [0, 0.05) is 41.9 Å². The molecule has 0 aliphatic carbocycles. The largest absolute Gasteiger partial charge is 0.399 e. The van der Waals surface area contributed by atoms with E-state index in [1.807, 2.05) is 6.07 Å².